The van der Waals surface area contributed by atoms with Crippen molar-refractivity contribution >= 4 is 22.0 Å². The Bertz CT molecular complexity index is 983. The van der Waals surface area contributed by atoms with E-state index in [-0.39, 0.29) is 35.2 Å². The third kappa shape index (κ3) is 6.31. The Hall–Kier alpha value is -3.41. The number of carbonyl (C=O) groups excluding carboxylic acids is 1. The van der Waals surface area contributed by atoms with Crippen molar-refractivity contribution in [2.75, 3.05) is 26.1 Å². The number of ether oxygens (including phenoxy) is 3. The summed E-state index contributed by atoms with van der Waals surface area (Å²) >= 11 is 0. The van der Waals surface area contributed by atoms with Crippen LogP contribution in [-0.4, -0.2) is 50.2 Å². The minimum atomic E-state index is -4.23. The number of hydrogen-bond acceptors (Lipinski definition) is 9. The molecule has 1 aromatic carbocycles. The number of hydrogen-bond donors (Lipinski definition) is 2. The van der Waals surface area contributed by atoms with Crippen molar-refractivity contribution in [1.82, 2.24) is 19.7 Å². The molecule has 0 aliphatic heterocycles. The second-order valence-corrected chi connectivity index (χ2v) is 7.38. The van der Waals surface area contributed by atoms with Crippen molar-refractivity contribution in [3.05, 3.63) is 35.9 Å². The molecular formula is C17H21N5O6S. The summed E-state index contributed by atoms with van der Waals surface area (Å²) in [6.07, 6.45) is 1.80. The van der Waals surface area contributed by atoms with Gasteiger partial charge in [0, 0.05) is 0 Å². The molecule has 2 amide bonds. The second kappa shape index (κ2) is 9.68. The molecule has 2 aromatic rings. The zero-order valence-corrected chi connectivity index (χ0v) is 17.1. The molecule has 0 bridgehead atoms. The number of amides is 2. The number of nitrogens with zero attached hydrogens (tertiary/aromatic N) is 3. The van der Waals surface area contributed by atoms with Gasteiger partial charge in [0.15, 0.2) is 0 Å². The topological polar surface area (TPSA) is 142 Å². The van der Waals surface area contributed by atoms with Crippen LogP contribution in [0.1, 0.15) is 13.8 Å². The van der Waals surface area contributed by atoms with Crippen LogP contribution in [0.2, 0.25) is 0 Å². The number of allylic oxidation sites excluding steroid dienone is 1. The zero-order chi connectivity index (χ0) is 21.4. The predicted octanol–water partition coefficient (Wildman–Crippen LogP) is 1.74. The molecule has 1 aromatic heterocycles. The lowest BCUT2D eigenvalue weighted by molar-refractivity contribution is 0.256. The van der Waals surface area contributed by atoms with E-state index in [0.29, 0.717) is 0 Å². The van der Waals surface area contributed by atoms with Gasteiger partial charge in [-0.05, 0) is 32.1 Å². The van der Waals surface area contributed by atoms with E-state index in [1.807, 2.05) is 18.6 Å². The average Bonchev–Trinajstić information content (AvgIpc) is 2.67. The fourth-order valence-corrected chi connectivity index (χ4v) is 3.02. The molecule has 0 spiro atoms. The van der Waals surface area contributed by atoms with Crippen LogP contribution in [0.3, 0.4) is 0 Å². The summed E-state index contributed by atoms with van der Waals surface area (Å²) in [5.74, 6) is -0.150. The quantitative estimate of drug-likeness (QED) is 0.607. The van der Waals surface area contributed by atoms with Crippen molar-refractivity contribution in [1.29, 1.82) is 0 Å². The normalized spacial score (nSPS) is 10.6. The van der Waals surface area contributed by atoms with Crippen LogP contribution >= 0.6 is 0 Å². The van der Waals surface area contributed by atoms with Crippen LogP contribution in [0, 0.1) is 0 Å². The van der Waals surface area contributed by atoms with Gasteiger partial charge in [0.2, 0.25) is 5.95 Å². The first kappa shape index (κ1) is 21.9. The summed E-state index contributed by atoms with van der Waals surface area (Å²) in [4.78, 5) is 23.4. The summed E-state index contributed by atoms with van der Waals surface area (Å²) in [7, 11) is -1.60. The largest absolute Gasteiger partial charge is 0.488 e. The fraction of sp³-hybridized carbons (Fsp3) is 0.294. The van der Waals surface area contributed by atoms with E-state index in [2.05, 4.69) is 20.3 Å². The Morgan fingerprint density at radius 1 is 1.07 bits per heavy atom. The molecule has 11 nitrogen and oxygen atoms in total. The van der Waals surface area contributed by atoms with Crippen LogP contribution in [-0.2, 0) is 10.0 Å². The summed E-state index contributed by atoms with van der Waals surface area (Å²) in [6.45, 7) is 3.97. The van der Waals surface area contributed by atoms with Gasteiger partial charge in [0.05, 0.1) is 14.2 Å². The maximum atomic E-state index is 12.6. The van der Waals surface area contributed by atoms with E-state index < -0.39 is 16.1 Å². The van der Waals surface area contributed by atoms with E-state index in [1.54, 1.807) is 12.1 Å². The molecule has 156 valence electrons. The smallest absolute Gasteiger partial charge is 0.335 e. The van der Waals surface area contributed by atoms with Gasteiger partial charge in [-0.25, -0.2) is 17.9 Å². The molecule has 0 atom stereocenters. The maximum absolute atomic E-state index is 12.6. The van der Waals surface area contributed by atoms with Gasteiger partial charge in [-0.15, -0.1) is 4.98 Å². The summed E-state index contributed by atoms with van der Waals surface area (Å²) < 4.78 is 42.4. The summed E-state index contributed by atoms with van der Waals surface area (Å²) in [5, 5.41) is 2.19. The summed E-state index contributed by atoms with van der Waals surface area (Å²) in [5.41, 5.74) is 1.02. The van der Waals surface area contributed by atoms with Gasteiger partial charge in [-0.2, -0.15) is 9.97 Å². The number of urea groups is 1. The van der Waals surface area contributed by atoms with Gasteiger partial charge >= 0.3 is 18.1 Å². The minimum Gasteiger partial charge on any atom is -0.488 e. The third-order valence-corrected chi connectivity index (χ3v) is 4.65. The Balaban J connectivity index is 2.17. The SMILES string of the molecule is COc1nc(NC(=O)NS(=O)(=O)c2ccccc2OCC=C(C)C)nc(OC)n1. The minimum absolute atomic E-state index is 0.105. The number of nitrogens with one attached hydrogen (secondary N) is 2. The third-order valence-electron chi connectivity index (χ3n) is 3.28. The van der Waals surface area contributed by atoms with Crippen molar-refractivity contribution in [3.8, 4) is 17.8 Å². The van der Waals surface area contributed by atoms with Gasteiger partial charge in [0.25, 0.3) is 10.0 Å². The first-order valence-electron chi connectivity index (χ1n) is 8.28. The number of para-hydroxylation sites is 1. The van der Waals surface area contributed by atoms with Crippen LogP contribution in [0.5, 0.6) is 17.8 Å². The molecule has 29 heavy (non-hydrogen) atoms. The average molecular weight is 423 g/mol. The molecular weight excluding hydrogens is 402 g/mol. The van der Waals surface area contributed by atoms with Crippen LogP contribution in [0.4, 0.5) is 10.7 Å². The molecule has 0 saturated heterocycles. The van der Waals surface area contributed by atoms with Crippen LogP contribution < -0.4 is 24.2 Å². The highest BCUT2D eigenvalue weighted by atomic mass is 32.2. The lowest BCUT2D eigenvalue weighted by Crippen LogP contribution is -2.35. The highest BCUT2D eigenvalue weighted by Crippen LogP contribution is 2.23. The number of carbonyl (C=O) groups is 1. The molecule has 2 rings (SSSR count). The van der Waals surface area contributed by atoms with E-state index in [1.165, 1.54) is 32.4 Å². The Morgan fingerprint density at radius 2 is 1.69 bits per heavy atom. The van der Waals surface area contributed by atoms with E-state index in [4.69, 9.17) is 14.2 Å². The van der Waals surface area contributed by atoms with Crippen molar-refractivity contribution in [2.45, 2.75) is 18.7 Å². The predicted molar refractivity (Wildman–Crippen MR) is 104 cm³/mol. The lowest BCUT2D eigenvalue weighted by atomic mass is 10.3. The molecule has 0 aliphatic carbocycles. The van der Waals surface area contributed by atoms with E-state index in [0.717, 1.165) is 5.57 Å². The van der Waals surface area contributed by atoms with Crippen LogP contribution in [0.25, 0.3) is 0 Å². The van der Waals surface area contributed by atoms with Crippen molar-refractivity contribution in [3.63, 3.8) is 0 Å². The maximum Gasteiger partial charge on any atom is 0.335 e. The molecule has 2 N–H and O–H groups in total. The van der Waals surface area contributed by atoms with Crippen molar-refractivity contribution in [2.24, 2.45) is 0 Å². The van der Waals surface area contributed by atoms with E-state index >= 15 is 0 Å². The van der Waals surface area contributed by atoms with Gasteiger partial charge in [-0.1, -0.05) is 17.7 Å². The fourth-order valence-electron chi connectivity index (χ4n) is 1.97. The number of sulfonamides is 1. The molecule has 12 heteroatoms. The highest BCUT2D eigenvalue weighted by Gasteiger charge is 2.23. The summed E-state index contributed by atoms with van der Waals surface area (Å²) in [6, 6.07) is 4.64. The Morgan fingerprint density at radius 3 is 2.28 bits per heavy atom. The number of rotatable bonds is 8. The van der Waals surface area contributed by atoms with Gasteiger partial charge < -0.3 is 14.2 Å². The van der Waals surface area contributed by atoms with Crippen molar-refractivity contribution < 1.29 is 27.4 Å². The molecule has 1 heterocycles. The first-order chi connectivity index (χ1) is 13.7. The zero-order valence-electron chi connectivity index (χ0n) is 16.3. The first-order valence-corrected chi connectivity index (χ1v) is 9.76. The Labute approximate surface area is 168 Å². The number of methoxy groups -OCH3 is 2. The lowest BCUT2D eigenvalue weighted by Gasteiger charge is -2.12. The highest BCUT2D eigenvalue weighted by molar-refractivity contribution is 7.90. The molecule has 0 saturated carbocycles. The van der Waals surface area contributed by atoms with E-state index in [9.17, 15) is 13.2 Å². The van der Waals surface area contributed by atoms with Crippen LogP contribution in [0.15, 0.2) is 40.8 Å². The van der Waals surface area contributed by atoms with Gasteiger partial charge in [0.1, 0.15) is 17.3 Å². The second-order valence-electron chi connectivity index (χ2n) is 5.73. The molecule has 0 aliphatic rings. The van der Waals surface area contributed by atoms with Gasteiger partial charge in [-0.3, -0.25) is 5.32 Å². The monoisotopic (exact) mass is 423 g/mol. The Kier molecular flexibility index (Phi) is 7.31. The number of aromatic nitrogens is 3. The molecule has 0 fully saturated rings. The number of anilines is 1. The molecule has 0 radical (unpaired) electrons. The standard InChI is InChI=1S/C17H21N5O6S/c1-11(2)9-10-28-12-7-5-6-8-13(12)29(24,25)22-15(23)18-14-19-16(26-3)21-17(20-14)27-4/h5-9H,10H2,1-4H3,(H2,18,19,20,21,22,23). The number of benzene rings is 1. The molecule has 0 unspecified atom stereocenters.